The number of rotatable bonds is 2. The van der Waals surface area contributed by atoms with E-state index in [1.165, 1.54) is 0 Å². The van der Waals surface area contributed by atoms with E-state index in [2.05, 4.69) is 8.06 Å². The highest BCUT2D eigenvalue weighted by atomic mass is 32.3. The number of hydrogen-bond acceptors (Lipinski definition) is 4. The maximum atomic E-state index is 11.1. The summed E-state index contributed by atoms with van der Waals surface area (Å²) >= 11 is 0. The fourth-order valence-electron chi connectivity index (χ4n) is 0.150. The van der Waals surface area contributed by atoms with E-state index in [1.807, 2.05) is 0 Å². The van der Waals surface area contributed by atoms with Gasteiger partial charge in [-0.25, -0.2) is 0 Å². The van der Waals surface area contributed by atoms with Crippen LogP contribution < -0.4 is 0 Å². The molecule has 0 spiro atoms. The molecule has 62 valence electrons. The predicted molar refractivity (Wildman–Crippen MR) is 27.1 cm³/mol. The van der Waals surface area contributed by atoms with Crippen LogP contribution in [0.2, 0.25) is 0 Å². The predicted octanol–water partition coefficient (Wildman–Crippen LogP) is -0.935. The lowest BCUT2D eigenvalue weighted by Crippen LogP contribution is -2.20. The maximum absolute atomic E-state index is 11.1. The second-order valence-electron chi connectivity index (χ2n) is 1.10. The Balaban J connectivity index is 4.18. The summed E-state index contributed by atoms with van der Waals surface area (Å²) in [5.74, 6) is 0. The van der Waals surface area contributed by atoms with Gasteiger partial charge in [-0.1, -0.05) is 0 Å². The van der Waals surface area contributed by atoms with Gasteiger partial charge in [0.1, 0.15) is 0 Å². The molecule has 0 radical (unpaired) electrons. The normalized spacial score (nSPS) is 13.9. The van der Waals surface area contributed by atoms with Crippen LogP contribution in [0.1, 0.15) is 0 Å². The van der Waals surface area contributed by atoms with Crippen LogP contribution in [0, 0.1) is 0 Å². The van der Waals surface area contributed by atoms with E-state index < -0.39 is 16.8 Å². The van der Waals surface area contributed by atoms with Crippen molar-refractivity contribution in [3.8, 4) is 0 Å². The van der Waals surface area contributed by atoms with Crippen molar-refractivity contribution in [2.45, 2.75) is 6.36 Å². The van der Waals surface area contributed by atoms with Gasteiger partial charge >= 0.3 is 16.8 Å². The molecule has 0 fully saturated rings. The van der Waals surface area contributed by atoms with Crippen molar-refractivity contribution in [2.75, 3.05) is 0 Å². The third-order valence-corrected chi connectivity index (χ3v) is 2.43. The molecule has 0 aromatic heterocycles. The van der Waals surface area contributed by atoms with Gasteiger partial charge in [0.2, 0.25) is 0 Å². The van der Waals surface area contributed by atoms with Crippen LogP contribution in [0.25, 0.3) is 0 Å². The van der Waals surface area contributed by atoms with Gasteiger partial charge < -0.3 is 3.87 Å². The van der Waals surface area contributed by atoms with Crippen LogP contribution in [0.4, 0.5) is 13.2 Å². The Hall–Kier alpha value is -0.123. The van der Waals surface area contributed by atoms with Crippen LogP contribution >= 0.6 is 0 Å². The molecule has 0 rings (SSSR count). The van der Waals surface area contributed by atoms with Crippen LogP contribution in [0.3, 0.4) is 0 Å². The number of halogens is 3. The fraction of sp³-hybridized carbons (Fsp3) is 1.00. The first-order valence-electron chi connectivity index (χ1n) is 1.85. The molecule has 0 aromatic carbocycles. The van der Waals surface area contributed by atoms with Crippen LogP contribution in [-0.2, 0) is 18.5 Å². The first-order chi connectivity index (χ1) is 4.27. The van der Waals surface area contributed by atoms with Gasteiger partial charge in [0.05, 0.1) is 0 Å². The first-order valence-corrected chi connectivity index (χ1v) is 4.00. The maximum Gasteiger partial charge on any atom is 0.538 e. The topological polar surface area (TPSA) is 52.6 Å². The molecule has 9 heteroatoms. The Morgan fingerprint density at radius 2 is 1.70 bits per heavy atom. The molecule has 0 aliphatic carbocycles. The van der Waals surface area contributed by atoms with Crippen LogP contribution in [0.15, 0.2) is 0 Å². The summed E-state index contributed by atoms with van der Waals surface area (Å²) in [6.07, 6.45) is -5.21. The van der Waals surface area contributed by atoms with E-state index in [0.29, 0.717) is 0 Å². The van der Waals surface area contributed by atoms with Crippen molar-refractivity contribution < 1.29 is 29.6 Å². The van der Waals surface area contributed by atoms with Gasteiger partial charge in [0.25, 0.3) is 0 Å². The summed E-state index contributed by atoms with van der Waals surface area (Å²) in [4.78, 5) is 0. The monoisotopic (exact) mass is 196 g/mol. The standard InChI is InChI=1S/CH3F3O4SSi/c2-1(3,4)7-9(5,6)8-10/h10H3. The quantitative estimate of drug-likeness (QED) is 0.535. The second kappa shape index (κ2) is 2.86. The summed E-state index contributed by atoms with van der Waals surface area (Å²) in [6.45, 7) is 0. The molecule has 0 aliphatic heterocycles. The lowest BCUT2D eigenvalue weighted by molar-refractivity contribution is -0.274. The summed E-state index contributed by atoms with van der Waals surface area (Å²) in [6, 6.07) is 0. The Morgan fingerprint density at radius 3 is 1.80 bits per heavy atom. The lowest BCUT2D eigenvalue weighted by Gasteiger charge is -2.04. The second-order valence-corrected chi connectivity index (χ2v) is 3.42. The highest BCUT2D eigenvalue weighted by Crippen LogP contribution is 2.19. The molecule has 0 atom stereocenters. The minimum absolute atomic E-state index is 0.372. The largest absolute Gasteiger partial charge is 0.538 e. The fourth-order valence-corrected chi connectivity index (χ4v) is 0.653. The lowest BCUT2D eigenvalue weighted by atomic mass is 11.4. The Bertz CT molecular complexity index is 193. The average Bonchev–Trinajstić information content (AvgIpc) is 1.60. The van der Waals surface area contributed by atoms with E-state index in [1.54, 1.807) is 0 Å². The minimum atomic E-state index is -5.21. The van der Waals surface area contributed by atoms with Gasteiger partial charge in [-0.15, -0.1) is 17.4 Å². The van der Waals surface area contributed by atoms with Crippen molar-refractivity contribution in [3.63, 3.8) is 0 Å². The zero-order valence-corrected chi connectivity index (χ0v) is 7.49. The van der Waals surface area contributed by atoms with E-state index in [-0.39, 0.29) is 10.5 Å². The molecular formula is CH3F3O4SSi. The van der Waals surface area contributed by atoms with Crippen molar-refractivity contribution in [1.29, 1.82) is 0 Å². The van der Waals surface area contributed by atoms with Crippen LogP contribution in [0.5, 0.6) is 0 Å². The van der Waals surface area contributed by atoms with Crippen molar-refractivity contribution in [1.82, 2.24) is 0 Å². The van der Waals surface area contributed by atoms with Crippen molar-refractivity contribution in [2.24, 2.45) is 0 Å². The first kappa shape index (κ1) is 9.88. The van der Waals surface area contributed by atoms with Crippen LogP contribution in [-0.4, -0.2) is 25.3 Å². The number of hydrogen-bond donors (Lipinski definition) is 0. The summed E-state index contributed by atoms with van der Waals surface area (Å²) < 4.78 is 59.0. The molecule has 4 nitrogen and oxygen atoms in total. The molecule has 0 aliphatic rings. The summed E-state index contributed by atoms with van der Waals surface area (Å²) in [5, 5.41) is 0. The highest BCUT2D eigenvalue weighted by Gasteiger charge is 2.36. The van der Waals surface area contributed by atoms with Crippen molar-refractivity contribution in [3.05, 3.63) is 0 Å². The molecular weight excluding hydrogens is 193 g/mol. The van der Waals surface area contributed by atoms with E-state index in [9.17, 15) is 21.6 Å². The molecule has 0 heterocycles. The minimum Gasteiger partial charge on any atom is -0.306 e. The third kappa shape index (κ3) is 4.73. The molecule has 0 aromatic rings. The third-order valence-electron chi connectivity index (χ3n) is 0.401. The Kier molecular flexibility index (Phi) is 2.82. The van der Waals surface area contributed by atoms with E-state index >= 15 is 0 Å². The zero-order chi connectivity index (χ0) is 8.41. The smallest absolute Gasteiger partial charge is 0.306 e. The molecule has 0 bridgehead atoms. The van der Waals surface area contributed by atoms with Gasteiger partial charge in [-0.05, 0) is 0 Å². The van der Waals surface area contributed by atoms with E-state index in [0.717, 1.165) is 0 Å². The van der Waals surface area contributed by atoms with E-state index in [4.69, 9.17) is 0 Å². The van der Waals surface area contributed by atoms with Gasteiger partial charge in [0.15, 0.2) is 10.5 Å². The molecule has 0 unspecified atom stereocenters. The SMILES string of the molecule is O=S(=O)(O[SiH3])OC(F)(F)F. The molecule has 10 heavy (non-hydrogen) atoms. The number of alkyl halides is 3. The summed E-state index contributed by atoms with van der Waals surface area (Å²) in [5.41, 5.74) is 0. The average molecular weight is 196 g/mol. The van der Waals surface area contributed by atoms with Gasteiger partial charge in [-0.2, -0.15) is 8.42 Å². The molecule has 0 saturated carbocycles. The van der Waals surface area contributed by atoms with Crippen molar-refractivity contribution >= 4 is 20.9 Å². The Labute approximate surface area is 57.8 Å². The molecule has 0 N–H and O–H groups in total. The Morgan fingerprint density at radius 1 is 1.30 bits per heavy atom. The van der Waals surface area contributed by atoms with Gasteiger partial charge in [0, 0.05) is 0 Å². The highest BCUT2D eigenvalue weighted by molar-refractivity contribution is 7.82. The summed E-state index contributed by atoms with van der Waals surface area (Å²) in [7, 11) is -5.21. The van der Waals surface area contributed by atoms with Gasteiger partial charge in [-0.3, -0.25) is 0 Å². The molecule has 0 saturated heterocycles. The zero-order valence-electron chi connectivity index (χ0n) is 4.68. The molecule has 0 amide bonds.